The minimum absolute atomic E-state index is 0.650. The topological polar surface area (TPSA) is 26.0 Å². The van der Waals surface area contributed by atoms with Crippen LogP contribution >= 0.6 is 11.8 Å². The van der Waals surface area contributed by atoms with E-state index in [1.54, 1.807) is 0 Å². The lowest BCUT2D eigenvalue weighted by atomic mass is 10.1. The minimum Gasteiger partial charge on any atom is -0.326 e. The maximum absolute atomic E-state index is 5.64. The minimum atomic E-state index is 0.650. The third kappa shape index (κ3) is 3.02. The van der Waals surface area contributed by atoms with Crippen molar-refractivity contribution in [1.29, 1.82) is 0 Å². The second kappa shape index (κ2) is 5.74. The Balaban J connectivity index is 1.93. The van der Waals surface area contributed by atoms with Gasteiger partial charge in [0.1, 0.15) is 0 Å². The summed E-state index contributed by atoms with van der Waals surface area (Å²) in [5.41, 5.74) is 9.76. The number of nitrogens with two attached hydrogens (primary N) is 1. The van der Waals surface area contributed by atoms with Crippen molar-refractivity contribution in [1.82, 2.24) is 0 Å². The first kappa shape index (κ1) is 12.0. The molecule has 88 valence electrons. The maximum Gasteiger partial charge on any atom is 0.0189 e. The van der Waals surface area contributed by atoms with Crippen molar-refractivity contribution in [3.8, 4) is 0 Å². The van der Waals surface area contributed by atoms with Gasteiger partial charge in [0.2, 0.25) is 0 Å². The molecule has 0 spiro atoms. The molecule has 1 aliphatic carbocycles. The van der Waals surface area contributed by atoms with E-state index in [-0.39, 0.29) is 0 Å². The Morgan fingerprint density at radius 3 is 2.69 bits per heavy atom. The van der Waals surface area contributed by atoms with Gasteiger partial charge in [-0.05, 0) is 36.5 Å². The Morgan fingerprint density at radius 2 is 2.06 bits per heavy atom. The Hall–Kier alpha value is -0.470. The van der Waals surface area contributed by atoms with Crippen LogP contribution in [0.5, 0.6) is 0 Å². The fourth-order valence-corrected chi connectivity index (χ4v) is 3.72. The third-order valence-corrected chi connectivity index (χ3v) is 4.84. The number of aryl methyl sites for hydroxylation is 1. The zero-order chi connectivity index (χ0) is 11.4. The first-order valence-electron chi connectivity index (χ1n) is 6.19. The largest absolute Gasteiger partial charge is 0.326 e. The van der Waals surface area contributed by atoms with Crippen LogP contribution in [0.15, 0.2) is 18.2 Å². The molecule has 0 unspecified atom stereocenters. The molecule has 0 bridgehead atoms. The molecule has 2 heteroatoms. The van der Waals surface area contributed by atoms with E-state index >= 15 is 0 Å². The van der Waals surface area contributed by atoms with E-state index in [4.69, 9.17) is 5.73 Å². The number of benzene rings is 1. The van der Waals surface area contributed by atoms with Crippen LogP contribution in [0.3, 0.4) is 0 Å². The first-order valence-corrected chi connectivity index (χ1v) is 7.24. The van der Waals surface area contributed by atoms with Gasteiger partial charge in [-0.1, -0.05) is 31.0 Å². The van der Waals surface area contributed by atoms with E-state index in [1.807, 2.05) is 0 Å². The molecule has 2 N–H and O–H groups in total. The van der Waals surface area contributed by atoms with E-state index in [0.29, 0.717) is 6.54 Å². The van der Waals surface area contributed by atoms with E-state index in [0.717, 1.165) is 5.25 Å². The highest BCUT2D eigenvalue weighted by atomic mass is 32.2. The van der Waals surface area contributed by atoms with Crippen LogP contribution in [0.2, 0.25) is 0 Å². The van der Waals surface area contributed by atoms with Crippen LogP contribution in [0.1, 0.15) is 42.4 Å². The smallest absolute Gasteiger partial charge is 0.0189 e. The summed E-state index contributed by atoms with van der Waals surface area (Å²) in [5, 5.41) is 0.911. The van der Waals surface area contributed by atoms with Gasteiger partial charge in [0.05, 0.1) is 0 Å². The second-order valence-corrected chi connectivity index (χ2v) is 5.97. The molecule has 0 saturated heterocycles. The summed E-state index contributed by atoms with van der Waals surface area (Å²) >= 11 is 2.13. The molecule has 0 aromatic heterocycles. The molecular weight excluding hydrogens is 214 g/mol. The van der Waals surface area contributed by atoms with Gasteiger partial charge < -0.3 is 5.73 Å². The average molecular weight is 235 g/mol. The van der Waals surface area contributed by atoms with Crippen molar-refractivity contribution in [2.75, 3.05) is 0 Å². The van der Waals surface area contributed by atoms with Gasteiger partial charge in [-0.3, -0.25) is 0 Å². The van der Waals surface area contributed by atoms with Crippen LogP contribution in [-0.4, -0.2) is 5.25 Å². The molecular formula is C14H21NS. The van der Waals surface area contributed by atoms with Crippen LogP contribution in [-0.2, 0) is 12.3 Å². The summed E-state index contributed by atoms with van der Waals surface area (Å²) < 4.78 is 0. The van der Waals surface area contributed by atoms with Crippen molar-refractivity contribution in [2.24, 2.45) is 5.73 Å². The summed E-state index contributed by atoms with van der Waals surface area (Å²) in [4.78, 5) is 0. The molecule has 16 heavy (non-hydrogen) atoms. The van der Waals surface area contributed by atoms with Crippen LogP contribution in [0, 0.1) is 6.92 Å². The van der Waals surface area contributed by atoms with Gasteiger partial charge in [0.25, 0.3) is 0 Å². The molecule has 1 aromatic rings. The highest BCUT2D eigenvalue weighted by Gasteiger charge is 2.15. The highest BCUT2D eigenvalue weighted by molar-refractivity contribution is 7.99. The lowest BCUT2D eigenvalue weighted by Gasteiger charge is -2.11. The van der Waals surface area contributed by atoms with Gasteiger partial charge in [0.15, 0.2) is 0 Å². The molecule has 0 radical (unpaired) electrons. The molecule has 0 heterocycles. The van der Waals surface area contributed by atoms with Gasteiger partial charge >= 0.3 is 0 Å². The van der Waals surface area contributed by atoms with Gasteiger partial charge in [0, 0.05) is 17.5 Å². The summed E-state index contributed by atoms with van der Waals surface area (Å²) in [6.45, 7) is 2.85. The summed E-state index contributed by atoms with van der Waals surface area (Å²) in [7, 11) is 0. The fraction of sp³-hybridized carbons (Fsp3) is 0.571. The quantitative estimate of drug-likeness (QED) is 0.862. The van der Waals surface area contributed by atoms with E-state index < -0.39 is 0 Å². The number of hydrogen-bond donors (Lipinski definition) is 1. The van der Waals surface area contributed by atoms with Crippen molar-refractivity contribution in [2.45, 2.75) is 50.2 Å². The predicted molar refractivity (Wildman–Crippen MR) is 72.6 cm³/mol. The Labute approximate surface area is 103 Å². The summed E-state index contributed by atoms with van der Waals surface area (Å²) in [6.07, 6.45) is 5.71. The summed E-state index contributed by atoms with van der Waals surface area (Å²) in [6, 6.07) is 6.64. The maximum atomic E-state index is 5.64. The van der Waals surface area contributed by atoms with E-state index in [9.17, 15) is 0 Å². The zero-order valence-electron chi connectivity index (χ0n) is 10.0. The fourth-order valence-electron chi connectivity index (χ4n) is 2.31. The predicted octanol–water partition coefficient (Wildman–Crippen LogP) is 3.63. The van der Waals surface area contributed by atoms with E-state index in [1.165, 1.54) is 48.1 Å². The summed E-state index contributed by atoms with van der Waals surface area (Å²) in [5.74, 6) is 1.17. The van der Waals surface area contributed by atoms with Crippen molar-refractivity contribution in [3.05, 3.63) is 34.9 Å². The SMILES string of the molecule is Cc1cc(CN)ccc1CSC1CCCC1. The van der Waals surface area contributed by atoms with Crippen LogP contribution < -0.4 is 5.73 Å². The molecule has 1 nitrogen and oxygen atoms in total. The van der Waals surface area contributed by atoms with Crippen LogP contribution in [0.4, 0.5) is 0 Å². The first-order chi connectivity index (χ1) is 7.79. The molecule has 1 fully saturated rings. The second-order valence-electron chi connectivity index (χ2n) is 4.68. The highest BCUT2D eigenvalue weighted by Crippen LogP contribution is 2.32. The van der Waals surface area contributed by atoms with Gasteiger partial charge in [-0.2, -0.15) is 11.8 Å². The average Bonchev–Trinajstić information content (AvgIpc) is 2.80. The number of rotatable bonds is 4. The van der Waals surface area contributed by atoms with Crippen molar-refractivity contribution < 1.29 is 0 Å². The third-order valence-electron chi connectivity index (χ3n) is 3.42. The lowest BCUT2D eigenvalue weighted by molar-refractivity contribution is 0.886. The molecule has 0 aliphatic heterocycles. The number of thioether (sulfide) groups is 1. The molecule has 0 atom stereocenters. The molecule has 2 rings (SSSR count). The number of hydrogen-bond acceptors (Lipinski definition) is 2. The zero-order valence-corrected chi connectivity index (χ0v) is 10.9. The molecule has 0 amide bonds. The Kier molecular flexibility index (Phi) is 4.30. The van der Waals surface area contributed by atoms with E-state index in [2.05, 4.69) is 36.9 Å². The normalized spacial score (nSPS) is 16.9. The Bertz CT molecular complexity index is 343. The van der Waals surface area contributed by atoms with Crippen LogP contribution in [0.25, 0.3) is 0 Å². The van der Waals surface area contributed by atoms with Crippen molar-refractivity contribution in [3.63, 3.8) is 0 Å². The van der Waals surface area contributed by atoms with Crippen molar-refractivity contribution >= 4 is 11.8 Å². The Morgan fingerprint density at radius 1 is 1.31 bits per heavy atom. The van der Waals surface area contributed by atoms with Gasteiger partial charge in [-0.15, -0.1) is 0 Å². The lowest BCUT2D eigenvalue weighted by Crippen LogP contribution is -1.99. The molecule has 1 aromatic carbocycles. The molecule has 1 saturated carbocycles. The monoisotopic (exact) mass is 235 g/mol. The van der Waals surface area contributed by atoms with Gasteiger partial charge in [-0.25, -0.2) is 0 Å². The molecule has 1 aliphatic rings. The standard InChI is InChI=1S/C14H21NS/c1-11-8-12(9-15)6-7-13(11)10-16-14-4-2-3-5-14/h6-8,14H,2-5,9-10,15H2,1H3.